The normalized spacial score (nSPS) is 25.1. The van der Waals surface area contributed by atoms with Gasteiger partial charge in [0.15, 0.2) is 0 Å². The van der Waals surface area contributed by atoms with Crippen molar-refractivity contribution in [3.05, 3.63) is 47.0 Å². The van der Waals surface area contributed by atoms with Crippen LogP contribution in [-0.2, 0) is 25.5 Å². The van der Waals surface area contributed by atoms with Gasteiger partial charge in [0.1, 0.15) is 11.7 Å². The van der Waals surface area contributed by atoms with Gasteiger partial charge in [-0.15, -0.1) is 0 Å². The minimum Gasteiger partial charge on any atom is -0.457 e. The van der Waals surface area contributed by atoms with Crippen LogP contribution in [0.2, 0.25) is 0 Å². The van der Waals surface area contributed by atoms with Gasteiger partial charge in [-0.25, -0.2) is 4.79 Å². The number of carbonyl (C=O) groups excluding carboxylic acids is 2. The van der Waals surface area contributed by atoms with Crippen LogP contribution in [0.25, 0.3) is 0 Å². The van der Waals surface area contributed by atoms with E-state index in [-0.39, 0.29) is 29.3 Å². The maximum Gasteiger partial charge on any atom is 0.330 e. The largest absolute Gasteiger partial charge is 0.457 e. The van der Waals surface area contributed by atoms with Crippen LogP contribution in [-0.4, -0.2) is 17.5 Å². The Morgan fingerprint density at radius 1 is 1.29 bits per heavy atom. The Morgan fingerprint density at radius 2 is 2.00 bits per heavy atom. The molecule has 1 saturated carbocycles. The van der Waals surface area contributed by atoms with Crippen molar-refractivity contribution in [2.24, 2.45) is 17.3 Å². The van der Waals surface area contributed by atoms with Gasteiger partial charge in [-0.3, -0.25) is 4.79 Å². The van der Waals surface area contributed by atoms with Crippen molar-refractivity contribution in [3.8, 4) is 6.07 Å². The van der Waals surface area contributed by atoms with E-state index in [1.54, 1.807) is 12.1 Å². The average Bonchev–Trinajstić information content (AvgIpc) is 2.93. The second kappa shape index (κ2) is 7.09. The number of carbonyl (C=O) groups is 2. The van der Waals surface area contributed by atoms with Crippen LogP contribution in [0.15, 0.2) is 30.4 Å². The first-order valence-corrected chi connectivity index (χ1v) is 9.67. The topological polar surface area (TPSA) is 76.4 Å². The monoisotopic (exact) mass is 381 g/mol. The van der Waals surface area contributed by atoms with Crippen molar-refractivity contribution >= 4 is 11.9 Å². The predicted molar refractivity (Wildman–Crippen MR) is 104 cm³/mol. The molecule has 0 aromatic heterocycles. The van der Waals surface area contributed by atoms with Gasteiger partial charge < -0.3 is 9.47 Å². The summed E-state index contributed by atoms with van der Waals surface area (Å²) in [6.45, 7) is 9.46. The van der Waals surface area contributed by atoms with Gasteiger partial charge in [0.25, 0.3) is 0 Å². The van der Waals surface area contributed by atoms with E-state index < -0.39 is 11.6 Å². The summed E-state index contributed by atoms with van der Waals surface area (Å²) in [5.74, 6) is -0.950. The summed E-state index contributed by atoms with van der Waals surface area (Å²) in [7, 11) is 0. The summed E-state index contributed by atoms with van der Waals surface area (Å²) < 4.78 is 11.1. The predicted octanol–water partition coefficient (Wildman–Crippen LogP) is 4.26. The van der Waals surface area contributed by atoms with E-state index >= 15 is 0 Å². The molecule has 0 heterocycles. The highest BCUT2D eigenvalue weighted by atomic mass is 16.6. The quantitative estimate of drug-likeness (QED) is 0.575. The van der Waals surface area contributed by atoms with Crippen LogP contribution in [0.4, 0.5) is 0 Å². The first kappa shape index (κ1) is 20.1. The van der Waals surface area contributed by atoms with E-state index in [9.17, 15) is 9.59 Å². The zero-order chi connectivity index (χ0) is 20.7. The highest BCUT2D eigenvalue weighted by molar-refractivity contribution is 5.83. The van der Waals surface area contributed by atoms with E-state index in [2.05, 4.69) is 6.07 Å². The molecule has 0 N–H and O–H groups in total. The van der Waals surface area contributed by atoms with Crippen molar-refractivity contribution in [3.63, 3.8) is 0 Å². The summed E-state index contributed by atoms with van der Waals surface area (Å²) >= 11 is 0. The zero-order valence-electron chi connectivity index (χ0n) is 17.1. The molecule has 148 valence electrons. The number of fused-ring (bicyclic) bond motifs is 1. The van der Waals surface area contributed by atoms with Crippen molar-refractivity contribution in [2.75, 3.05) is 0 Å². The summed E-state index contributed by atoms with van der Waals surface area (Å²) in [6.07, 6.45) is 4.46. The molecule has 5 nitrogen and oxygen atoms in total. The number of nitrogens with zero attached hydrogens (tertiary/aromatic N) is 1. The Labute approximate surface area is 166 Å². The van der Waals surface area contributed by atoms with Crippen LogP contribution in [0, 0.1) is 28.6 Å². The molecular weight excluding hydrogens is 354 g/mol. The van der Waals surface area contributed by atoms with Crippen LogP contribution in [0.5, 0.6) is 0 Å². The Balaban J connectivity index is 1.63. The van der Waals surface area contributed by atoms with Gasteiger partial charge in [-0.2, -0.15) is 5.26 Å². The van der Waals surface area contributed by atoms with Gasteiger partial charge in [-0.1, -0.05) is 26.0 Å². The van der Waals surface area contributed by atoms with Crippen LogP contribution in [0.3, 0.4) is 0 Å². The Hall–Kier alpha value is -2.61. The third-order valence-electron chi connectivity index (χ3n) is 5.56. The smallest absolute Gasteiger partial charge is 0.330 e. The molecule has 0 spiro atoms. The van der Waals surface area contributed by atoms with E-state index in [0.29, 0.717) is 5.56 Å². The highest BCUT2D eigenvalue weighted by Crippen LogP contribution is 2.60. The van der Waals surface area contributed by atoms with Gasteiger partial charge in [0.05, 0.1) is 17.6 Å². The molecule has 0 bridgehead atoms. The molecule has 0 radical (unpaired) electrons. The van der Waals surface area contributed by atoms with Crippen molar-refractivity contribution in [1.82, 2.24) is 0 Å². The fourth-order valence-corrected chi connectivity index (χ4v) is 3.99. The lowest BCUT2D eigenvalue weighted by molar-refractivity contribution is -0.152. The number of nitriles is 1. The van der Waals surface area contributed by atoms with Crippen LogP contribution in [0.1, 0.15) is 63.8 Å². The average molecular weight is 381 g/mol. The van der Waals surface area contributed by atoms with Gasteiger partial charge in [0.2, 0.25) is 0 Å². The maximum absolute atomic E-state index is 12.8. The van der Waals surface area contributed by atoms with Gasteiger partial charge in [0, 0.05) is 6.08 Å². The molecule has 2 aliphatic carbocycles. The van der Waals surface area contributed by atoms with E-state index in [0.717, 1.165) is 24.0 Å². The lowest BCUT2D eigenvalue weighted by Crippen LogP contribution is -2.22. The fraction of sp³-hybridized carbons (Fsp3) is 0.522. The molecule has 0 aliphatic heterocycles. The molecule has 0 saturated heterocycles. The summed E-state index contributed by atoms with van der Waals surface area (Å²) in [5.41, 5.74) is 1.91. The van der Waals surface area contributed by atoms with Crippen LogP contribution < -0.4 is 0 Å². The van der Waals surface area contributed by atoms with Crippen molar-refractivity contribution in [2.45, 2.75) is 59.2 Å². The molecular formula is C23H27NO4. The van der Waals surface area contributed by atoms with Crippen LogP contribution >= 0.6 is 0 Å². The molecule has 5 heteroatoms. The second-order valence-electron chi connectivity index (χ2n) is 9.21. The second-order valence-corrected chi connectivity index (χ2v) is 9.21. The van der Waals surface area contributed by atoms with E-state index in [1.807, 2.05) is 46.8 Å². The molecule has 1 aromatic rings. The standard InChI is InChI=1S/C23H27NO4/c1-22(2,3)28-19(25)11-9-17-20(23(17,4)5)21(26)27-18-10-7-15-12-14(13-24)6-8-16(15)18/h6,8-9,11-12,17-18,20H,7,10H2,1-5H3/t17-,18?,20-/m0/s1. The molecule has 3 rings (SSSR count). The molecule has 1 fully saturated rings. The van der Waals surface area contributed by atoms with Crippen molar-refractivity contribution < 1.29 is 19.1 Å². The first-order chi connectivity index (χ1) is 13.0. The Kier molecular flexibility index (Phi) is 5.10. The molecule has 28 heavy (non-hydrogen) atoms. The van der Waals surface area contributed by atoms with Gasteiger partial charge in [-0.05, 0) is 68.2 Å². The Morgan fingerprint density at radius 3 is 2.64 bits per heavy atom. The lowest BCUT2D eigenvalue weighted by atomic mass is 10.1. The minimum atomic E-state index is -0.542. The summed E-state index contributed by atoms with van der Waals surface area (Å²) in [4.78, 5) is 24.7. The van der Waals surface area contributed by atoms with E-state index in [4.69, 9.17) is 14.7 Å². The first-order valence-electron chi connectivity index (χ1n) is 9.67. The number of allylic oxidation sites excluding steroid dienone is 1. The number of hydrogen-bond donors (Lipinski definition) is 0. The minimum absolute atomic E-state index is 0.0469. The maximum atomic E-state index is 12.8. The summed E-state index contributed by atoms with van der Waals surface area (Å²) in [5, 5.41) is 9.03. The number of aryl methyl sites for hydroxylation is 1. The fourth-order valence-electron chi connectivity index (χ4n) is 3.99. The van der Waals surface area contributed by atoms with Gasteiger partial charge >= 0.3 is 11.9 Å². The zero-order valence-corrected chi connectivity index (χ0v) is 17.1. The number of esters is 2. The highest BCUT2D eigenvalue weighted by Gasteiger charge is 2.61. The molecule has 0 amide bonds. The number of hydrogen-bond acceptors (Lipinski definition) is 5. The molecule has 3 atom stereocenters. The Bertz CT molecular complexity index is 870. The summed E-state index contributed by atoms with van der Waals surface area (Å²) in [6, 6.07) is 7.66. The molecule has 1 aromatic carbocycles. The molecule has 2 aliphatic rings. The SMILES string of the molecule is CC(C)(C)OC(=O)C=C[C@H]1[C@@H](C(=O)OC2CCc3cc(C#N)ccc32)C1(C)C. The third-order valence-corrected chi connectivity index (χ3v) is 5.56. The lowest BCUT2D eigenvalue weighted by Gasteiger charge is -2.17. The molecule has 1 unspecified atom stereocenters. The van der Waals surface area contributed by atoms with Crippen molar-refractivity contribution in [1.29, 1.82) is 5.26 Å². The number of ether oxygens (including phenoxy) is 2. The third kappa shape index (κ3) is 4.11. The number of rotatable bonds is 4. The number of benzene rings is 1. The van der Waals surface area contributed by atoms with E-state index in [1.165, 1.54) is 6.08 Å².